The molecule has 0 unspecified atom stereocenters. The average molecular weight is 268 g/mol. The summed E-state index contributed by atoms with van der Waals surface area (Å²) in [5, 5.41) is 4.22. The first-order valence-electron chi connectivity index (χ1n) is 5.06. The number of hydrogen-bond acceptors (Lipinski definition) is 2. The molecule has 4 heteroatoms. The molecule has 88 valence electrons. The Morgan fingerprint density at radius 3 is 2.12 bits per heavy atom. The van der Waals surface area contributed by atoms with Crippen LogP contribution in [0.1, 0.15) is 0 Å². The summed E-state index contributed by atoms with van der Waals surface area (Å²) in [6.07, 6.45) is 0. The number of para-hydroxylation sites is 1. The molecule has 0 aromatic heterocycles. The maximum atomic E-state index is 6.14. The number of benzene rings is 2. The second kappa shape index (κ2) is 5.30. The lowest BCUT2D eigenvalue weighted by atomic mass is 10.2. The van der Waals surface area contributed by atoms with Gasteiger partial charge < -0.3 is 10.1 Å². The van der Waals surface area contributed by atoms with Crippen molar-refractivity contribution < 1.29 is 4.74 Å². The van der Waals surface area contributed by atoms with Crippen LogP contribution in [-0.2, 0) is 0 Å². The normalized spacial score (nSPS) is 10.1. The highest BCUT2D eigenvalue weighted by atomic mass is 35.5. The van der Waals surface area contributed by atoms with Crippen molar-refractivity contribution in [3.8, 4) is 5.75 Å². The van der Waals surface area contributed by atoms with Crippen LogP contribution in [0, 0.1) is 0 Å². The van der Waals surface area contributed by atoms with E-state index >= 15 is 0 Å². The Bertz CT molecular complexity index is 491. The van der Waals surface area contributed by atoms with Crippen molar-refractivity contribution in [2.45, 2.75) is 0 Å². The molecule has 2 aromatic rings. The van der Waals surface area contributed by atoms with Crippen LogP contribution >= 0.6 is 23.2 Å². The Morgan fingerprint density at radius 1 is 1.00 bits per heavy atom. The van der Waals surface area contributed by atoms with Crippen molar-refractivity contribution in [2.24, 2.45) is 0 Å². The van der Waals surface area contributed by atoms with E-state index in [1.165, 1.54) is 0 Å². The maximum absolute atomic E-state index is 6.14. The summed E-state index contributed by atoms with van der Waals surface area (Å²) in [6, 6.07) is 13.1. The number of anilines is 2. The van der Waals surface area contributed by atoms with Crippen LogP contribution in [0.5, 0.6) is 5.75 Å². The van der Waals surface area contributed by atoms with Gasteiger partial charge in [-0.15, -0.1) is 0 Å². The second-order valence-corrected chi connectivity index (χ2v) is 4.27. The summed E-state index contributed by atoms with van der Waals surface area (Å²) in [4.78, 5) is 0. The van der Waals surface area contributed by atoms with Gasteiger partial charge in [-0.1, -0.05) is 41.4 Å². The first-order valence-corrected chi connectivity index (χ1v) is 5.81. The van der Waals surface area contributed by atoms with Gasteiger partial charge in [-0.05, 0) is 12.1 Å². The first-order chi connectivity index (χ1) is 8.20. The summed E-state index contributed by atoms with van der Waals surface area (Å²) in [7, 11) is 1.58. The molecule has 0 spiro atoms. The van der Waals surface area contributed by atoms with Crippen LogP contribution in [0.3, 0.4) is 0 Å². The molecule has 1 N–H and O–H groups in total. The molecular formula is C13H11Cl2NO. The Balaban J connectivity index is 2.33. The topological polar surface area (TPSA) is 21.3 Å². The monoisotopic (exact) mass is 267 g/mol. The molecule has 0 aliphatic rings. The highest BCUT2D eigenvalue weighted by Gasteiger charge is 2.08. The molecule has 2 nitrogen and oxygen atoms in total. The minimum atomic E-state index is 0.526. The first kappa shape index (κ1) is 12.1. The van der Waals surface area contributed by atoms with E-state index in [-0.39, 0.29) is 0 Å². The molecule has 0 bridgehead atoms. The number of halogens is 2. The van der Waals surface area contributed by atoms with E-state index in [1.807, 2.05) is 30.3 Å². The van der Waals surface area contributed by atoms with Gasteiger partial charge in [0.1, 0.15) is 5.75 Å². The SMILES string of the molecule is COc1cc(Cl)c(Nc2ccccc2)c(Cl)c1. The van der Waals surface area contributed by atoms with E-state index in [1.54, 1.807) is 19.2 Å². The molecule has 0 radical (unpaired) electrons. The van der Waals surface area contributed by atoms with Gasteiger partial charge in [0.15, 0.2) is 0 Å². The molecule has 2 aromatic carbocycles. The molecule has 0 aliphatic carbocycles. The number of rotatable bonds is 3. The smallest absolute Gasteiger partial charge is 0.121 e. The fourth-order valence-corrected chi connectivity index (χ4v) is 2.01. The lowest BCUT2D eigenvalue weighted by molar-refractivity contribution is 0.415. The molecule has 0 fully saturated rings. The molecule has 0 saturated heterocycles. The fraction of sp³-hybridized carbons (Fsp3) is 0.0769. The predicted octanol–water partition coefficient (Wildman–Crippen LogP) is 4.75. The zero-order chi connectivity index (χ0) is 12.3. The number of hydrogen-bond donors (Lipinski definition) is 1. The van der Waals surface area contributed by atoms with E-state index in [2.05, 4.69) is 5.32 Å². The zero-order valence-corrected chi connectivity index (χ0v) is 10.7. The largest absolute Gasteiger partial charge is 0.497 e. The van der Waals surface area contributed by atoms with Gasteiger partial charge in [-0.2, -0.15) is 0 Å². The van der Waals surface area contributed by atoms with Crippen LogP contribution in [0.15, 0.2) is 42.5 Å². The molecular weight excluding hydrogens is 257 g/mol. The van der Waals surface area contributed by atoms with Gasteiger partial charge in [0.2, 0.25) is 0 Å². The molecule has 17 heavy (non-hydrogen) atoms. The van der Waals surface area contributed by atoms with Crippen molar-refractivity contribution >= 4 is 34.6 Å². The van der Waals surface area contributed by atoms with E-state index in [0.29, 0.717) is 21.5 Å². The van der Waals surface area contributed by atoms with Crippen molar-refractivity contribution in [1.29, 1.82) is 0 Å². The number of nitrogens with one attached hydrogen (secondary N) is 1. The molecule has 0 aliphatic heterocycles. The van der Waals surface area contributed by atoms with Gasteiger partial charge in [0, 0.05) is 17.8 Å². The lowest BCUT2D eigenvalue weighted by Crippen LogP contribution is -1.93. The van der Waals surface area contributed by atoms with Crippen molar-refractivity contribution in [3.05, 3.63) is 52.5 Å². The minimum Gasteiger partial charge on any atom is -0.497 e. The molecule has 2 rings (SSSR count). The predicted molar refractivity (Wildman–Crippen MR) is 72.7 cm³/mol. The highest BCUT2D eigenvalue weighted by molar-refractivity contribution is 6.39. The van der Waals surface area contributed by atoms with Crippen molar-refractivity contribution in [2.75, 3.05) is 12.4 Å². The third-order valence-electron chi connectivity index (χ3n) is 2.29. The summed E-state index contributed by atoms with van der Waals surface area (Å²) in [5.41, 5.74) is 1.61. The third-order valence-corrected chi connectivity index (χ3v) is 2.89. The summed E-state index contributed by atoms with van der Waals surface area (Å²) in [6.45, 7) is 0. The summed E-state index contributed by atoms with van der Waals surface area (Å²) in [5.74, 6) is 0.638. The Kier molecular flexibility index (Phi) is 3.77. The lowest BCUT2D eigenvalue weighted by Gasteiger charge is -2.11. The molecule has 0 heterocycles. The van der Waals surface area contributed by atoms with E-state index in [0.717, 1.165) is 5.69 Å². The van der Waals surface area contributed by atoms with Gasteiger partial charge in [0.05, 0.1) is 22.8 Å². The van der Waals surface area contributed by atoms with Gasteiger partial charge in [-0.3, -0.25) is 0 Å². The van der Waals surface area contributed by atoms with Gasteiger partial charge >= 0.3 is 0 Å². The summed E-state index contributed by atoms with van der Waals surface area (Å²) >= 11 is 12.3. The molecule has 0 saturated carbocycles. The van der Waals surface area contributed by atoms with Crippen LogP contribution in [0.25, 0.3) is 0 Å². The van der Waals surface area contributed by atoms with Crippen LogP contribution in [0.2, 0.25) is 10.0 Å². The Hall–Kier alpha value is -1.38. The highest BCUT2D eigenvalue weighted by Crippen LogP contribution is 2.36. The Morgan fingerprint density at radius 2 is 1.59 bits per heavy atom. The number of methoxy groups -OCH3 is 1. The van der Waals surface area contributed by atoms with Crippen LogP contribution < -0.4 is 10.1 Å². The maximum Gasteiger partial charge on any atom is 0.121 e. The van der Waals surface area contributed by atoms with Crippen molar-refractivity contribution in [1.82, 2.24) is 0 Å². The minimum absolute atomic E-state index is 0.526. The van der Waals surface area contributed by atoms with E-state index in [4.69, 9.17) is 27.9 Å². The van der Waals surface area contributed by atoms with Crippen LogP contribution in [-0.4, -0.2) is 7.11 Å². The standard InChI is InChI=1S/C13H11Cl2NO/c1-17-10-7-11(14)13(12(15)8-10)16-9-5-3-2-4-6-9/h2-8,16H,1H3. The zero-order valence-electron chi connectivity index (χ0n) is 9.21. The summed E-state index contributed by atoms with van der Waals surface area (Å²) < 4.78 is 5.08. The van der Waals surface area contributed by atoms with E-state index in [9.17, 15) is 0 Å². The quantitative estimate of drug-likeness (QED) is 0.867. The second-order valence-electron chi connectivity index (χ2n) is 3.46. The molecule has 0 atom stereocenters. The fourth-order valence-electron chi connectivity index (χ4n) is 1.45. The van der Waals surface area contributed by atoms with Gasteiger partial charge in [-0.25, -0.2) is 0 Å². The Labute approximate surface area is 110 Å². The molecule has 0 amide bonds. The van der Waals surface area contributed by atoms with Crippen LogP contribution in [0.4, 0.5) is 11.4 Å². The van der Waals surface area contributed by atoms with E-state index < -0.39 is 0 Å². The number of ether oxygens (including phenoxy) is 1. The third kappa shape index (κ3) is 2.84. The van der Waals surface area contributed by atoms with Gasteiger partial charge in [0.25, 0.3) is 0 Å². The van der Waals surface area contributed by atoms with Crippen molar-refractivity contribution in [3.63, 3.8) is 0 Å². The average Bonchev–Trinajstić information content (AvgIpc) is 2.35.